The molecule has 1 amide bonds. The molecule has 0 atom stereocenters. The Balaban J connectivity index is 3.13. The van der Waals surface area contributed by atoms with Gasteiger partial charge < -0.3 is 10.1 Å². The largest absolute Gasteiger partial charge is 0.465 e. The van der Waals surface area contributed by atoms with Crippen LogP contribution < -0.4 is 5.32 Å². The summed E-state index contributed by atoms with van der Waals surface area (Å²) in [6, 6.07) is 4.64. The predicted octanol–water partition coefficient (Wildman–Crippen LogP) is 2.30. The molecule has 0 fully saturated rings. The van der Waals surface area contributed by atoms with Crippen LogP contribution in [0.25, 0.3) is 0 Å². The zero-order valence-electron chi connectivity index (χ0n) is 8.42. The van der Waals surface area contributed by atoms with Gasteiger partial charge >= 0.3 is 5.97 Å². The molecule has 0 heterocycles. The fourth-order valence-corrected chi connectivity index (χ4v) is 1.39. The van der Waals surface area contributed by atoms with E-state index in [0.29, 0.717) is 0 Å². The lowest BCUT2D eigenvalue weighted by Gasteiger charge is -2.10. The summed E-state index contributed by atoms with van der Waals surface area (Å²) < 4.78 is 4.57. The van der Waals surface area contributed by atoms with Crippen LogP contribution in [-0.4, -0.2) is 24.9 Å². The van der Waals surface area contributed by atoms with Crippen molar-refractivity contribution in [3.8, 4) is 0 Å². The summed E-state index contributed by atoms with van der Waals surface area (Å²) in [6.07, 6.45) is 0. The Kier molecular flexibility index (Phi) is 4.58. The lowest BCUT2D eigenvalue weighted by Crippen LogP contribution is -2.16. The molecule has 0 saturated carbocycles. The number of anilines is 1. The summed E-state index contributed by atoms with van der Waals surface area (Å²) in [7, 11) is 1.25. The molecule has 1 rings (SSSR count). The van der Waals surface area contributed by atoms with Crippen LogP contribution in [0.4, 0.5) is 5.69 Å². The first-order valence-electron chi connectivity index (χ1n) is 4.32. The summed E-state index contributed by atoms with van der Waals surface area (Å²) >= 11 is 11.2. The van der Waals surface area contributed by atoms with Crippen molar-refractivity contribution < 1.29 is 14.3 Å². The Morgan fingerprint density at radius 2 is 2.12 bits per heavy atom. The van der Waals surface area contributed by atoms with Gasteiger partial charge in [-0.1, -0.05) is 17.7 Å². The second kappa shape index (κ2) is 5.72. The summed E-state index contributed by atoms with van der Waals surface area (Å²) in [5, 5.41) is 2.69. The van der Waals surface area contributed by atoms with Crippen molar-refractivity contribution in [2.45, 2.75) is 0 Å². The SMILES string of the molecule is COC(=O)c1cccc(Cl)c1NC(=O)CCl. The molecule has 0 aliphatic rings. The maximum atomic E-state index is 11.4. The van der Waals surface area contributed by atoms with Crippen LogP contribution >= 0.6 is 23.2 Å². The van der Waals surface area contributed by atoms with Gasteiger partial charge in [-0.15, -0.1) is 11.6 Å². The van der Waals surface area contributed by atoms with Gasteiger partial charge in [-0.3, -0.25) is 4.79 Å². The number of hydrogen-bond acceptors (Lipinski definition) is 3. The lowest BCUT2D eigenvalue weighted by molar-refractivity contribution is -0.113. The van der Waals surface area contributed by atoms with Gasteiger partial charge in [0.15, 0.2) is 0 Å². The highest BCUT2D eigenvalue weighted by molar-refractivity contribution is 6.35. The number of nitrogens with one attached hydrogen (secondary N) is 1. The van der Waals surface area contributed by atoms with Crippen molar-refractivity contribution >= 4 is 40.8 Å². The summed E-state index contributed by atoms with van der Waals surface area (Å²) in [5.74, 6) is -1.24. The van der Waals surface area contributed by atoms with Crippen molar-refractivity contribution in [2.75, 3.05) is 18.3 Å². The molecular formula is C10H9Cl2NO3. The average Bonchev–Trinajstić information content (AvgIpc) is 2.30. The zero-order valence-corrected chi connectivity index (χ0v) is 9.93. The molecule has 0 unspecified atom stereocenters. The molecule has 0 bridgehead atoms. The molecule has 0 radical (unpaired) electrons. The molecule has 16 heavy (non-hydrogen) atoms. The number of methoxy groups -OCH3 is 1. The molecule has 0 aromatic heterocycles. The third-order valence-corrected chi connectivity index (χ3v) is 2.36. The summed E-state index contributed by atoms with van der Waals surface area (Å²) in [5.41, 5.74) is 0.398. The number of alkyl halides is 1. The van der Waals surface area contributed by atoms with Crippen LogP contribution in [0.15, 0.2) is 18.2 Å². The van der Waals surface area contributed by atoms with Crippen molar-refractivity contribution in [3.05, 3.63) is 28.8 Å². The second-order valence-electron chi connectivity index (χ2n) is 2.84. The van der Waals surface area contributed by atoms with Crippen molar-refractivity contribution in [1.29, 1.82) is 0 Å². The molecule has 0 saturated heterocycles. The van der Waals surface area contributed by atoms with E-state index in [2.05, 4.69) is 10.1 Å². The molecule has 6 heteroatoms. The molecule has 4 nitrogen and oxygen atoms in total. The second-order valence-corrected chi connectivity index (χ2v) is 3.51. The molecule has 0 spiro atoms. The van der Waals surface area contributed by atoms with Gasteiger partial charge in [-0.2, -0.15) is 0 Å². The highest BCUT2D eigenvalue weighted by Gasteiger charge is 2.16. The van der Waals surface area contributed by atoms with Gasteiger partial charge in [-0.05, 0) is 12.1 Å². The number of esters is 1. The number of carbonyl (C=O) groups is 2. The molecule has 1 aromatic carbocycles. The maximum absolute atomic E-state index is 11.4. The van der Waals surface area contributed by atoms with E-state index < -0.39 is 11.9 Å². The van der Waals surface area contributed by atoms with Gasteiger partial charge in [0.1, 0.15) is 5.88 Å². The minimum Gasteiger partial charge on any atom is -0.465 e. The fourth-order valence-electron chi connectivity index (χ4n) is 1.10. The Bertz CT molecular complexity index is 421. The number of hydrogen-bond donors (Lipinski definition) is 1. The highest BCUT2D eigenvalue weighted by Crippen LogP contribution is 2.26. The molecule has 1 aromatic rings. The van der Waals surface area contributed by atoms with E-state index in [-0.39, 0.29) is 22.2 Å². The van der Waals surface area contributed by atoms with Crippen LogP contribution in [0.2, 0.25) is 5.02 Å². The Hall–Kier alpha value is -1.26. The van der Waals surface area contributed by atoms with Crippen molar-refractivity contribution in [3.63, 3.8) is 0 Å². The van der Waals surface area contributed by atoms with Crippen LogP contribution in [0.5, 0.6) is 0 Å². The Morgan fingerprint density at radius 1 is 1.44 bits per heavy atom. The Labute approximate surface area is 102 Å². The van der Waals surface area contributed by atoms with Crippen molar-refractivity contribution in [2.24, 2.45) is 0 Å². The monoisotopic (exact) mass is 261 g/mol. The van der Waals surface area contributed by atoms with Gasteiger partial charge in [0.2, 0.25) is 5.91 Å². The number of carbonyl (C=O) groups excluding carboxylic acids is 2. The number of amides is 1. The molecule has 1 N–H and O–H groups in total. The van der Waals surface area contributed by atoms with Crippen LogP contribution in [0.3, 0.4) is 0 Å². The smallest absolute Gasteiger partial charge is 0.340 e. The number of para-hydroxylation sites is 1. The van der Waals surface area contributed by atoms with E-state index in [9.17, 15) is 9.59 Å². The maximum Gasteiger partial charge on any atom is 0.340 e. The topological polar surface area (TPSA) is 55.4 Å². The van der Waals surface area contributed by atoms with Crippen LogP contribution in [-0.2, 0) is 9.53 Å². The zero-order chi connectivity index (χ0) is 12.1. The standard InChI is InChI=1S/C10H9Cl2NO3/c1-16-10(15)6-3-2-4-7(12)9(6)13-8(14)5-11/h2-4H,5H2,1H3,(H,13,14). The minimum absolute atomic E-state index is 0.188. The third-order valence-electron chi connectivity index (χ3n) is 1.80. The first-order valence-corrected chi connectivity index (χ1v) is 5.24. The van der Waals surface area contributed by atoms with Crippen molar-refractivity contribution in [1.82, 2.24) is 0 Å². The van der Waals surface area contributed by atoms with Gasteiger partial charge in [0.05, 0.1) is 23.4 Å². The molecule has 86 valence electrons. The highest BCUT2D eigenvalue weighted by atomic mass is 35.5. The molecule has 0 aliphatic carbocycles. The number of rotatable bonds is 3. The third kappa shape index (κ3) is 2.87. The summed E-state index contributed by atoms with van der Waals surface area (Å²) in [4.78, 5) is 22.5. The Morgan fingerprint density at radius 3 is 2.69 bits per heavy atom. The average molecular weight is 262 g/mol. The number of ether oxygens (including phenoxy) is 1. The van der Waals surface area contributed by atoms with Crippen LogP contribution in [0.1, 0.15) is 10.4 Å². The lowest BCUT2D eigenvalue weighted by atomic mass is 10.2. The van der Waals surface area contributed by atoms with E-state index in [1.54, 1.807) is 12.1 Å². The number of halogens is 2. The van der Waals surface area contributed by atoms with Crippen LogP contribution in [0, 0.1) is 0 Å². The van der Waals surface area contributed by atoms with E-state index in [0.717, 1.165) is 0 Å². The fraction of sp³-hybridized carbons (Fsp3) is 0.200. The van der Waals surface area contributed by atoms with E-state index in [1.807, 2.05) is 0 Å². The predicted molar refractivity (Wildman–Crippen MR) is 62.1 cm³/mol. The number of benzene rings is 1. The first-order chi connectivity index (χ1) is 7.60. The summed E-state index contributed by atoms with van der Waals surface area (Å²) in [6.45, 7) is 0. The molecule has 0 aliphatic heterocycles. The van der Waals surface area contributed by atoms with E-state index in [1.165, 1.54) is 13.2 Å². The van der Waals surface area contributed by atoms with Gasteiger partial charge in [-0.25, -0.2) is 4.79 Å². The molecular weight excluding hydrogens is 253 g/mol. The van der Waals surface area contributed by atoms with Gasteiger partial charge in [0, 0.05) is 0 Å². The first kappa shape index (κ1) is 12.8. The van der Waals surface area contributed by atoms with E-state index in [4.69, 9.17) is 23.2 Å². The minimum atomic E-state index is -0.577. The normalized spacial score (nSPS) is 9.69. The quantitative estimate of drug-likeness (QED) is 0.671. The van der Waals surface area contributed by atoms with E-state index >= 15 is 0 Å². The van der Waals surface area contributed by atoms with Gasteiger partial charge in [0.25, 0.3) is 0 Å².